The first-order valence-electron chi connectivity index (χ1n) is 7.39. The minimum Gasteiger partial charge on any atom is -0.330 e. The number of rotatable bonds is 5. The van der Waals surface area contributed by atoms with Gasteiger partial charge in [0.1, 0.15) is 21.5 Å². The third-order valence-corrected chi connectivity index (χ3v) is 5.12. The molecule has 2 aromatic rings. The van der Waals surface area contributed by atoms with Crippen molar-refractivity contribution in [3.63, 3.8) is 0 Å². The SMILES string of the molecule is NCCC[C@]1(c2ccccc2)NN=C(c2cc(F)ccc2F)S1. The molecule has 0 radical (unpaired) electrons. The summed E-state index contributed by atoms with van der Waals surface area (Å²) in [6.07, 6.45) is 1.53. The van der Waals surface area contributed by atoms with Gasteiger partial charge in [0, 0.05) is 5.56 Å². The van der Waals surface area contributed by atoms with Gasteiger partial charge in [0.25, 0.3) is 0 Å². The molecule has 0 aliphatic carbocycles. The first-order valence-corrected chi connectivity index (χ1v) is 8.21. The molecule has 0 saturated carbocycles. The predicted octanol–water partition coefficient (Wildman–Crippen LogP) is 3.55. The van der Waals surface area contributed by atoms with Gasteiger partial charge in [-0.25, -0.2) is 8.78 Å². The molecule has 1 heterocycles. The van der Waals surface area contributed by atoms with Crippen molar-refractivity contribution in [2.45, 2.75) is 17.7 Å². The Bertz CT molecular complexity index is 721. The van der Waals surface area contributed by atoms with E-state index in [9.17, 15) is 8.78 Å². The fraction of sp³-hybridized carbons (Fsp3) is 0.235. The first-order chi connectivity index (χ1) is 11.1. The smallest absolute Gasteiger partial charge is 0.133 e. The zero-order valence-electron chi connectivity index (χ0n) is 12.4. The van der Waals surface area contributed by atoms with E-state index in [1.165, 1.54) is 17.8 Å². The molecule has 120 valence electrons. The van der Waals surface area contributed by atoms with Crippen molar-refractivity contribution in [2.75, 3.05) is 6.54 Å². The maximum absolute atomic E-state index is 14.0. The molecular formula is C17H17F2N3S. The Morgan fingerprint density at radius 1 is 1.13 bits per heavy atom. The first kappa shape index (κ1) is 16.0. The summed E-state index contributed by atoms with van der Waals surface area (Å²) in [7, 11) is 0. The number of nitrogens with one attached hydrogen (secondary N) is 1. The second-order valence-corrected chi connectivity index (χ2v) is 6.63. The predicted molar refractivity (Wildman–Crippen MR) is 90.0 cm³/mol. The van der Waals surface area contributed by atoms with E-state index in [-0.39, 0.29) is 5.56 Å². The summed E-state index contributed by atoms with van der Waals surface area (Å²) in [6.45, 7) is 0.556. The Morgan fingerprint density at radius 3 is 2.65 bits per heavy atom. The van der Waals surface area contributed by atoms with E-state index in [0.29, 0.717) is 11.6 Å². The number of hydrogen-bond acceptors (Lipinski definition) is 4. The molecule has 3 nitrogen and oxygen atoms in total. The van der Waals surface area contributed by atoms with Crippen molar-refractivity contribution in [2.24, 2.45) is 10.8 Å². The second-order valence-electron chi connectivity index (χ2n) is 5.34. The molecule has 3 rings (SSSR count). The van der Waals surface area contributed by atoms with Crippen LogP contribution in [0.25, 0.3) is 0 Å². The zero-order chi connectivity index (χ0) is 16.3. The number of nitrogens with two attached hydrogens (primary N) is 1. The van der Waals surface area contributed by atoms with E-state index in [2.05, 4.69) is 10.5 Å². The largest absolute Gasteiger partial charge is 0.330 e. The Morgan fingerprint density at radius 2 is 1.91 bits per heavy atom. The van der Waals surface area contributed by atoms with Crippen LogP contribution in [-0.2, 0) is 4.87 Å². The van der Waals surface area contributed by atoms with Crippen molar-refractivity contribution in [3.05, 3.63) is 71.3 Å². The molecule has 1 atom stereocenters. The van der Waals surface area contributed by atoms with E-state index < -0.39 is 16.5 Å². The topological polar surface area (TPSA) is 50.4 Å². The van der Waals surface area contributed by atoms with Crippen molar-refractivity contribution in [3.8, 4) is 0 Å². The average Bonchev–Trinajstić information content (AvgIpc) is 3.01. The Hall–Kier alpha value is -1.92. The van der Waals surface area contributed by atoms with Crippen LogP contribution in [0.15, 0.2) is 53.6 Å². The molecule has 0 amide bonds. The highest BCUT2D eigenvalue weighted by Crippen LogP contribution is 2.44. The highest BCUT2D eigenvalue weighted by molar-refractivity contribution is 8.15. The molecule has 6 heteroatoms. The van der Waals surface area contributed by atoms with E-state index in [1.54, 1.807) is 0 Å². The van der Waals surface area contributed by atoms with Crippen LogP contribution in [0, 0.1) is 11.6 Å². The molecule has 0 saturated heterocycles. The fourth-order valence-corrected chi connectivity index (χ4v) is 3.84. The monoisotopic (exact) mass is 333 g/mol. The van der Waals surface area contributed by atoms with Gasteiger partial charge >= 0.3 is 0 Å². The normalized spacial score (nSPS) is 20.2. The van der Waals surface area contributed by atoms with Crippen LogP contribution >= 0.6 is 11.8 Å². The van der Waals surface area contributed by atoms with Crippen LogP contribution in [0.3, 0.4) is 0 Å². The molecule has 0 bridgehead atoms. The number of nitrogens with zero attached hydrogens (tertiary/aromatic N) is 1. The molecule has 2 aromatic carbocycles. The Labute approximate surface area is 138 Å². The summed E-state index contributed by atoms with van der Waals surface area (Å²) < 4.78 is 27.5. The lowest BCUT2D eigenvalue weighted by Gasteiger charge is -2.28. The summed E-state index contributed by atoms with van der Waals surface area (Å²) in [5.41, 5.74) is 9.98. The standard InChI is InChI=1S/C17H17F2N3S/c18-13-7-8-15(19)14(11-13)16-21-22-17(23-16,9-4-10-20)12-5-2-1-3-6-12/h1-3,5-8,11,22H,4,9-10,20H2/t17-/m0/s1. The minimum absolute atomic E-state index is 0.174. The van der Waals surface area contributed by atoms with E-state index >= 15 is 0 Å². The summed E-state index contributed by atoms with van der Waals surface area (Å²) >= 11 is 1.40. The number of benzene rings is 2. The van der Waals surface area contributed by atoms with Gasteiger partial charge in [-0.3, -0.25) is 5.43 Å². The minimum atomic E-state index is -0.505. The summed E-state index contributed by atoms with van der Waals surface area (Å²) in [6, 6.07) is 13.2. The Kier molecular flexibility index (Phi) is 4.63. The zero-order valence-corrected chi connectivity index (χ0v) is 13.2. The van der Waals surface area contributed by atoms with Gasteiger partial charge in [0.05, 0.1) is 0 Å². The maximum Gasteiger partial charge on any atom is 0.133 e. The summed E-state index contributed by atoms with van der Waals surface area (Å²) in [4.78, 5) is -0.505. The molecule has 1 aliphatic heterocycles. The quantitative estimate of drug-likeness (QED) is 0.880. The van der Waals surface area contributed by atoms with Gasteiger partial charge in [-0.1, -0.05) is 42.1 Å². The van der Waals surface area contributed by atoms with Gasteiger partial charge in [-0.15, -0.1) is 0 Å². The number of hydrogen-bond donors (Lipinski definition) is 2. The number of hydrazone groups is 1. The lowest BCUT2D eigenvalue weighted by atomic mass is 10.0. The van der Waals surface area contributed by atoms with E-state index in [0.717, 1.165) is 30.5 Å². The van der Waals surface area contributed by atoms with Gasteiger partial charge < -0.3 is 5.73 Å². The van der Waals surface area contributed by atoms with Crippen LogP contribution < -0.4 is 11.2 Å². The maximum atomic E-state index is 14.0. The number of thioether (sulfide) groups is 1. The van der Waals surface area contributed by atoms with Gasteiger partial charge in [0.2, 0.25) is 0 Å². The van der Waals surface area contributed by atoms with Gasteiger partial charge in [0.15, 0.2) is 0 Å². The second kappa shape index (κ2) is 6.68. The van der Waals surface area contributed by atoms with Crippen molar-refractivity contribution in [1.82, 2.24) is 5.43 Å². The molecule has 23 heavy (non-hydrogen) atoms. The van der Waals surface area contributed by atoms with Crippen molar-refractivity contribution >= 4 is 16.8 Å². The third kappa shape index (κ3) is 3.23. The molecule has 0 aromatic heterocycles. The average molecular weight is 333 g/mol. The van der Waals surface area contributed by atoms with Gasteiger partial charge in [-0.05, 0) is 43.1 Å². The van der Waals surface area contributed by atoms with Crippen LogP contribution in [0.5, 0.6) is 0 Å². The van der Waals surface area contributed by atoms with E-state index in [1.807, 2.05) is 30.3 Å². The Balaban J connectivity index is 1.92. The van der Waals surface area contributed by atoms with Crippen LogP contribution in [0.1, 0.15) is 24.0 Å². The van der Waals surface area contributed by atoms with Gasteiger partial charge in [-0.2, -0.15) is 5.10 Å². The molecule has 1 aliphatic rings. The van der Waals surface area contributed by atoms with Crippen LogP contribution in [0.4, 0.5) is 8.78 Å². The van der Waals surface area contributed by atoms with Crippen molar-refractivity contribution < 1.29 is 8.78 Å². The summed E-state index contributed by atoms with van der Waals surface area (Å²) in [5.74, 6) is -0.967. The fourth-order valence-electron chi connectivity index (χ4n) is 2.56. The molecule has 3 N–H and O–H groups in total. The van der Waals surface area contributed by atoms with E-state index in [4.69, 9.17) is 5.73 Å². The summed E-state index contributed by atoms with van der Waals surface area (Å²) in [5, 5.41) is 4.72. The number of halogens is 2. The molecular weight excluding hydrogens is 316 g/mol. The molecule has 0 spiro atoms. The highest BCUT2D eigenvalue weighted by Gasteiger charge is 2.39. The van der Waals surface area contributed by atoms with Crippen LogP contribution in [0.2, 0.25) is 0 Å². The lowest BCUT2D eigenvalue weighted by molar-refractivity contribution is 0.465. The molecule has 0 fully saturated rings. The highest BCUT2D eigenvalue weighted by atomic mass is 32.2. The van der Waals surface area contributed by atoms with Crippen molar-refractivity contribution in [1.29, 1.82) is 0 Å². The van der Waals surface area contributed by atoms with Crippen LogP contribution in [-0.4, -0.2) is 11.6 Å². The lowest BCUT2D eigenvalue weighted by Crippen LogP contribution is -2.33. The molecule has 0 unspecified atom stereocenters. The third-order valence-electron chi connectivity index (χ3n) is 3.74.